The van der Waals surface area contributed by atoms with E-state index in [2.05, 4.69) is 15.4 Å². The Balaban J connectivity index is 1.98. The second-order valence-corrected chi connectivity index (χ2v) is 11.1. The summed E-state index contributed by atoms with van der Waals surface area (Å²) in [6, 6.07) is 5.90. The zero-order valence-electron chi connectivity index (χ0n) is 19.8. The van der Waals surface area contributed by atoms with Gasteiger partial charge in [-0.15, -0.1) is 0 Å². The van der Waals surface area contributed by atoms with E-state index in [1.807, 2.05) is 20.8 Å². The van der Waals surface area contributed by atoms with Crippen LogP contribution in [0.1, 0.15) is 44.2 Å². The standard InChI is InChI=1S/C25H22Cl2F4N2O4/c1-23(2,3)10-16-24(13-8-7-11(26)9-15(13)32-21(24)35)17(12-5-4-6-14(27)18(12)28)19(33-16)20(34)37-22(36)25(29,30)31/h4-9,16-17,19,33H,10H2,1-3H3,(H,32,35)/t16-,17-,19-,24?/m0/s1. The smallest absolute Gasteiger partial charge is 0.385 e. The van der Waals surface area contributed by atoms with Crippen molar-refractivity contribution in [2.75, 3.05) is 5.32 Å². The second kappa shape index (κ2) is 9.25. The number of carbonyl (C=O) groups excluding carboxylic acids is 3. The van der Waals surface area contributed by atoms with E-state index in [0.29, 0.717) is 16.3 Å². The fourth-order valence-electron chi connectivity index (χ4n) is 5.34. The number of rotatable bonds is 3. The predicted octanol–water partition coefficient (Wildman–Crippen LogP) is 5.51. The van der Waals surface area contributed by atoms with Crippen molar-refractivity contribution in [1.82, 2.24) is 5.32 Å². The lowest BCUT2D eigenvalue weighted by Gasteiger charge is -2.37. The number of alkyl halides is 3. The molecule has 2 aliphatic heterocycles. The van der Waals surface area contributed by atoms with Gasteiger partial charge in [-0.25, -0.2) is 14.0 Å². The Morgan fingerprint density at radius 1 is 1.11 bits per heavy atom. The van der Waals surface area contributed by atoms with Gasteiger partial charge in [0.25, 0.3) is 0 Å². The molecule has 1 unspecified atom stereocenters. The Morgan fingerprint density at radius 2 is 1.78 bits per heavy atom. The minimum atomic E-state index is -5.44. The van der Waals surface area contributed by atoms with Crippen LogP contribution in [0.25, 0.3) is 0 Å². The summed E-state index contributed by atoms with van der Waals surface area (Å²) < 4.78 is 58.4. The molecule has 0 aromatic heterocycles. The lowest BCUT2D eigenvalue weighted by atomic mass is 9.62. The molecule has 4 rings (SSSR count). The third-order valence-electron chi connectivity index (χ3n) is 6.62. The second-order valence-electron chi connectivity index (χ2n) is 10.3. The highest BCUT2D eigenvalue weighted by Crippen LogP contribution is 2.57. The molecular formula is C25H22Cl2F4N2O4. The van der Waals surface area contributed by atoms with Crippen LogP contribution in [0.4, 0.5) is 23.2 Å². The average Bonchev–Trinajstić information content (AvgIpc) is 3.23. The molecule has 1 fully saturated rings. The summed E-state index contributed by atoms with van der Waals surface area (Å²) in [6.45, 7) is 5.60. The molecule has 0 bridgehead atoms. The number of anilines is 1. The molecule has 0 aliphatic carbocycles. The predicted molar refractivity (Wildman–Crippen MR) is 128 cm³/mol. The Labute approximate surface area is 219 Å². The molecule has 1 saturated heterocycles. The Bertz CT molecular complexity index is 1290. The molecule has 4 atom stereocenters. The first kappa shape index (κ1) is 27.3. The SMILES string of the molecule is CC(C)(C)C[C@@H]1N[C@H](C(=O)OC(=O)C(F)(F)F)[C@H](c2cccc(Cl)c2F)C12C(=O)Nc1cc(Cl)ccc12. The molecule has 198 valence electrons. The maximum atomic E-state index is 15.5. The highest BCUT2D eigenvalue weighted by atomic mass is 35.5. The van der Waals surface area contributed by atoms with Crippen LogP contribution in [0.5, 0.6) is 0 Å². The largest absolute Gasteiger partial charge is 0.491 e. The van der Waals surface area contributed by atoms with Gasteiger partial charge in [-0.2, -0.15) is 13.2 Å². The Morgan fingerprint density at radius 3 is 2.41 bits per heavy atom. The molecule has 12 heteroatoms. The summed E-state index contributed by atoms with van der Waals surface area (Å²) in [6.07, 6.45) is -5.21. The van der Waals surface area contributed by atoms with Crippen LogP contribution in [0.3, 0.4) is 0 Å². The summed E-state index contributed by atoms with van der Waals surface area (Å²) in [4.78, 5) is 38.5. The maximum absolute atomic E-state index is 15.5. The van der Waals surface area contributed by atoms with Crippen molar-refractivity contribution in [1.29, 1.82) is 0 Å². The first-order valence-electron chi connectivity index (χ1n) is 11.2. The fraction of sp³-hybridized carbons (Fsp3) is 0.400. The Kier molecular flexibility index (Phi) is 6.84. The van der Waals surface area contributed by atoms with Crippen LogP contribution < -0.4 is 10.6 Å². The molecule has 1 spiro atoms. The third kappa shape index (κ3) is 4.70. The lowest BCUT2D eigenvalue weighted by molar-refractivity contribution is -0.202. The van der Waals surface area contributed by atoms with E-state index in [0.717, 1.165) is 0 Å². The number of hydrogen-bond acceptors (Lipinski definition) is 5. The zero-order chi connectivity index (χ0) is 27.5. The molecule has 37 heavy (non-hydrogen) atoms. The van der Waals surface area contributed by atoms with E-state index in [1.54, 1.807) is 6.07 Å². The third-order valence-corrected chi connectivity index (χ3v) is 7.14. The number of nitrogens with one attached hydrogen (secondary N) is 2. The number of esters is 2. The molecule has 2 aliphatic rings. The van der Waals surface area contributed by atoms with Crippen LogP contribution in [0.15, 0.2) is 36.4 Å². The maximum Gasteiger partial charge on any atom is 0.491 e. The van der Waals surface area contributed by atoms with Crippen molar-refractivity contribution in [2.45, 2.75) is 56.8 Å². The van der Waals surface area contributed by atoms with E-state index < -0.39 is 58.7 Å². The quantitative estimate of drug-likeness (QED) is 0.293. The number of ether oxygens (including phenoxy) is 1. The van der Waals surface area contributed by atoms with E-state index >= 15 is 4.39 Å². The van der Waals surface area contributed by atoms with Crippen LogP contribution >= 0.6 is 23.2 Å². The minimum absolute atomic E-state index is 0.198. The molecule has 2 heterocycles. The number of amides is 1. The lowest BCUT2D eigenvalue weighted by Crippen LogP contribution is -2.49. The highest BCUT2D eigenvalue weighted by Gasteiger charge is 2.67. The summed E-state index contributed by atoms with van der Waals surface area (Å²) in [5, 5.41) is 5.63. The molecule has 0 saturated carbocycles. The number of hydrogen-bond donors (Lipinski definition) is 2. The summed E-state index contributed by atoms with van der Waals surface area (Å²) in [5.74, 6) is -7.33. The van der Waals surface area contributed by atoms with Crippen LogP contribution in [-0.2, 0) is 24.5 Å². The minimum Gasteiger partial charge on any atom is -0.385 e. The molecule has 6 nitrogen and oxygen atoms in total. The van der Waals surface area contributed by atoms with Gasteiger partial charge in [0, 0.05) is 22.7 Å². The van der Waals surface area contributed by atoms with E-state index in [-0.39, 0.29) is 17.0 Å². The number of carbonyl (C=O) groups is 3. The van der Waals surface area contributed by atoms with Gasteiger partial charge in [-0.1, -0.05) is 62.2 Å². The van der Waals surface area contributed by atoms with Crippen molar-refractivity contribution in [3.63, 3.8) is 0 Å². The normalized spacial score (nSPS) is 25.2. The number of benzene rings is 2. The molecular weight excluding hydrogens is 539 g/mol. The van der Waals surface area contributed by atoms with E-state index in [9.17, 15) is 27.6 Å². The highest BCUT2D eigenvalue weighted by molar-refractivity contribution is 6.31. The van der Waals surface area contributed by atoms with Gasteiger partial charge in [-0.3, -0.25) is 10.1 Å². The van der Waals surface area contributed by atoms with Crippen molar-refractivity contribution < 1.29 is 36.7 Å². The van der Waals surface area contributed by atoms with E-state index in [4.69, 9.17) is 23.2 Å². The summed E-state index contributed by atoms with van der Waals surface area (Å²) in [5.41, 5.74) is -1.67. The van der Waals surface area contributed by atoms with Crippen LogP contribution in [-0.4, -0.2) is 36.1 Å². The molecule has 2 aromatic rings. The Hall–Kier alpha value is -2.69. The molecule has 2 N–H and O–H groups in total. The van der Waals surface area contributed by atoms with Gasteiger partial charge in [0.2, 0.25) is 5.91 Å². The van der Waals surface area contributed by atoms with Gasteiger partial charge < -0.3 is 10.1 Å². The van der Waals surface area contributed by atoms with Crippen molar-refractivity contribution in [2.24, 2.45) is 5.41 Å². The number of fused-ring (bicyclic) bond motifs is 2. The van der Waals surface area contributed by atoms with Crippen molar-refractivity contribution >= 4 is 46.7 Å². The van der Waals surface area contributed by atoms with Gasteiger partial charge in [0.1, 0.15) is 17.3 Å². The molecule has 0 radical (unpaired) electrons. The van der Waals surface area contributed by atoms with Crippen LogP contribution in [0.2, 0.25) is 10.0 Å². The number of halogens is 6. The molecule has 1 amide bonds. The van der Waals surface area contributed by atoms with Crippen LogP contribution in [0, 0.1) is 11.2 Å². The molecule has 2 aromatic carbocycles. The fourth-order valence-corrected chi connectivity index (χ4v) is 5.70. The topological polar surface area (TPSA) is 84.5 Å². The van der Waals surface area contributed by atoms with E-state index in [1.165, 1.54) is 30.3 Å². The monoisotopic (exact) mass is 560 g/mol. The summed E-state index contributed by atoms with van der Waals surface area (Å²) in [7, 11) is 0. The average molecular weight is 561 g/mol. The van der Waals surface area contributed by atoms with Gasteiger partial charge in [0.05, 0.1) is 5.02 Å². The first-order valence-corrected chi connectivity index (χ1v) is 12.0. The van der Waals surface area contributed by atoms with Gasteiger partial charge in [0.15, 0.2) is 0 Å². The zero-order valence-corrected chi connectivity index (χ0v) is 21.3. The van der Waals surface area contributed by atoms with Gasteiger partial charge in [-0.05, 0) is 41.2 Å². The van der Waals surface area contributed by atoms with Crippen molar-refractivity contribution in [3.8, 4) is 0 Å². The summed E-state index contributed by atoms with van der Waals surface area (Å²) >= 11 is 12.2. The van der Waals surface area contributed by atoms with Gasteiger partial charge >= 0.3 is 18.1 Å². The first-order chi connectivity index (χ1) is 17.1. The van der Waals surface area contributed by atoms with Crippen molar-refractivity contribution in [3.05, 3.63) is 63.4 Å².